The number of nitrogens with two attached hydrogens (primary N) is 1. The van der Waals surface area contributed by atoms with E-state index in [0.717, 1.165) is 5.76 Å². The Kier molecular flexibility index (Phi) is 2.44. The van der Waals surface area contributed by atoms with Crippen molar-refractivity contribution in [3.8, 4) is 0 Å². The van der Waals surface area contributed by atoms with Gasteiger partial charge in [-0.25, -0.2) is 0 Å². The second-order valence-electron chi connectivity index (χ2n) is 4.61. The zero-order valence-electron chi connectivity index (χ0n) is 9.45. The molecule has 0 bridgehead atoms. The fourth-order valence-corrected chi connectivity index (χ4v) is 2.64. The second-order valence-corrected chi connectivity index (χ2v) is 8.02. The Hall–Kier alpha value is -1.06. The minimum Gasteiger partial charge on any atom is -0.530 e. The maximum absolute atomic E-state index is 5.99. The molecule has 2 rings (SSSR count). The molecule has 1 aliphatic rings. The van der Waals surface area contributed by atoms with Gasteiger partial charge >= 0.3 is 8.48 Å². The van der Waals surface area contributed by atoms with Gasteiger partial charge in [0.1, 0.15) is 5.76 Å². The van der Waals surface area contributed by atoms with E-state index in [1.165, 1.54) is 11.1 Å². The van der Waals surface area contributed by atoms with Crippen LogP contribution in [-0.2, 0) is 4.43 Å². The van der Waals surface area contributed by atoms with Gasteiger partial charge in [-0.1, -0.05) is 31.2 Å². The standard InChI is InChI=1S/C12H17NOSi/c1-9-8-12(14-15(2,3)13)11-7-5-4-6-10(9)11/h4-9H,13H2,1-3H3. The number of allylic oxidation sites excluding steroid dienone is 1. The first-order valence-corrected chi connectivity index (χ1v) is 8.25. The monoisotopic (exact) mass is 219 g/mol. The van der Waals surface area contributed by atoms with Crippen molar-refractivity contribution in [2.75, 3.05) is 0 Å². The van der Waals surface area contributed by atoms with E-state index in [4.69, 9.17) is 9.83 Å². The van der Waals surface area contributed by atoms with Crippen LogP contribution in [0.15, 0.2) is 30.3 Å². The Morgan fingerprint density at radius 3 is 2.60 bits per heavy atom. The lowest BCUT2D eigenvalue weighted by Gasteiger charge is -2.19. The van der Waals surface area contributed by atoms with E-state index in [2.05, 4.69) is 31.2 Å². The maximum atomic E-state index is 5.99. The summed E-state index contributed by atoms with van der Waals surface area (Å²) in [4.78, 5) is 0. The third-order valence-electron chi connectivity index (χ3n) is 2.49. The van der Waals surface area contributed by atoms with Crippen LogP contribution in [0.25, 0.3) is 5.76 Å². The van der Waals surface area contributed by atoms with Gasteiger partial charge in [-0.15, -0.1) is 0 Å². The summed E-state index contributed by atoms with van der Waals surface area (Å²) in [5, 5.41) is 5.99. The summed E-state index contributed by atoms with van der Waals surface area (Å²) >= 11 is 0. The van der Waals surface area contributed by atoms with Gasteiger partial charge < -0.3 is 9.83 Å². The van der Waals surface area contributed by atoms with Gasteiger partial charge in [0.25, 0.3) is 0 Å². The Morgan fingerprint density at radius 1 is 1.27 bits per heavy atom. The lowest BCUT2D eigenvalue weighted by Crippen LogP contribution is -2.41. The van der Waals surface area contributed by atoms with Gasteiger partial charge in [0, 0.05) is 11.5 Å². The quantitative estimate of drug-likeness (QED) is 0.776. The normalized spacial score (nSPS) is 19.7. The number of rotatable bonds is 2. The molecule has 80 valence electrons. The van der Waals surface area contributed by atoms with Crippen LogP contribution in [-0.4, -0.2) is 8.48 Å². The van der Waals surface area contributed by atoms with Crippen LogP contribution in [0.1, 0.15) is 24.0 Å². The summed E-state index contributed by atoms with van der Waals surface area (Å²) in [6.07, 6.45) is 2.16. The highest BCUT2D eigenvalue weighted by atomic mass is 28.4. The third-order valence-corrected chi connectivity index (χ3v) is 3.24. The molecule has 3 heteroatoms. The third kappa shape index (κ3) is 2.13. The number of hydrogen-bond acceptors (Lipinski definition) is 2. The Balaban J connectivity index is 2.33. The zero-order valence-corrected chi connectivity index (χ0v) is 10.4. The maximum Gasteiger partial charge on any atom is 0.319 e. The van der Waals surface area contributed by atoms with Gasteiger partial charge in [0.05, 0.1) is 0 Å². The minimum absolute atomic E-state index is 0.438. The van der Waals surface area contributed by atoms with Crippen molar-refractivity contribution in [3.05, 3.63) is 41.5 Å². The predicted octanol–water partition coefficient (Wildman–Crippen LogP) is 2.82. The highest BCUT2D eigenvalue weighted by Gasteiger charge is 2.26. The SMILES string of the molecule is CC1C=C(O[Si](C)(C)N)c2ccccc21. The van der Waals surface area contributed by atoms with E-state index in [1.807, 2.05) is 19.2 Å². The lowest BCUT2D eigenvalue weighted by atomic mass is 10.0. The summed E-state index contributed by atoms with van der Waals surface area (Å²) in [6, 6.07) is 8.36. The summed E-state index contributed by atoms with van der Waals surface area (Å²) in [5.41, 5.74) is 2.54. The van der Waals surface area contributed by atoms with E-state index in [-0.39, 0.29) is 0 Å². The Bertz CT molecular complexity index is 406. The smallest absolute Gasteiger partial charge is 0.319 e. The van der Waals surface area contributed by atoms with E-state index in [9.17, 15) is 0 Å². The average molecular weight is 219 g/mol. The highest BCUT2D eigenvalue weighted by Crippen LogP contribution is 2.36. The molecule has 0 radical (unpaired) electrons. The molecule has 0 fully saturated rings. The summed E-state index contributed by atoms with van der Waals surface area (Å²) in [6.45, 7) is 6.18. The summed E-state index contributed by atoms with van der Waals surface area (Å²) < 4.78 is 5.87. The molecule has 0 heterocycles. The van der Waals surface area contributed by atoms with Crippen molar-refractivity contribution in [3.63, 3.8) is 0 Å². The number of hydrogen-bond donors (Lipinski definition) is 1. The topological polar surface area (TPSA) is 35.2 Å². The first-order valence-electron chi connectivity index (χ1n) is 5.26. The van der Waals surface area contributed by atoms with Gasteiger partial charge in [-0.3, -0.25) is 0 Å². The van der Waals surface area contributed by atoms with E-state index >= 15 is 0 Å². The molecule has 1 aromatic carbocycles. The second kappa shape index (κ2) is 3.50. The van der Waals surface area contributed by atoms with Gasteiger partial charge in [0.15, 0.2) is 0 Å². The van der Waals surface area contributed by atoms with Gasteiger partial charge in [-0.05, 0) is 24.7 Å². The molecule has 2 N–H and O–H groups in total. The molecule has 0 saturated carbocycles. The minimum atomic E-state index is -1.99. The molecule has 0 spiro atoms. The van der Waals surface area contributed by atoms with Crippen molar-refractivity contribution < 1.29 is 4.43 Å². The lowest BCUT2D eigenvalue weighted by molar-refractivity contribution is 0.509. The van der Waals surface area contributed by atoms with Crippen molar-refractivity contribution >= 4 is 14.2 Å². The van der Waals surface area contributed by atoms with Crippen LogP contribution in [0.4, 0.5) is 0 Å². The molecule has 0 aliphatic heterocycles. The molecule has 2 nitrogen and oxygen atoms in total. The molecule has 1 aromatic rings. The molecule has 1 aliphatic carbocycles. The van der Waals surface area contributed by atoms with E-state index < -0.39 is 8.48 Å². The van der Waals surface area contributed by atoms with Crippen LogP contribution in [0.2, 0.25) is 13.1 Å². The first kappa shape index (κ1) is 10.5. The van der Waals surface area contributed by atoms with E-state index in [0.29, 0.717) is 5.92 Å². The van der Waals surface area contributed by atoms with Gasteiger partial charge in [-0.2, -0.15) is 0 Å². The van der Waals surface area contributed by atoms with E-state index in [1.54, 1.807) is 0 Å². The fourth-order valence-electron chi connectivity index (χ4n) is 1.90. The van der Waals surface area contributed by atoms with Crippen LogP contribution < -0.4 is 5.40 Å². The van der Waals surface area contributed by atoms with Crippen molar-refractivity contribution in [1.82, 2.24) is 0 Å². The summed E-state index contributed by atoms with van der Waals surface area (Å²) in [5.74, 6) is 1.41. The van der Waals surface area contributed by atoms with Crippen molar-refractivity contribution in [2.24, 2.45) is 5.40 Å². The largest absolute Gasteiger partial charge is 0.530 e. The molecule has 1 atom stereocenters. The van der Waals surface area contributed by atoms with Crippen molar-refractivity contribution in [1.29, 1.82) is 0 Å². The van der Waals surface area contributed by atoms with Crippen molar-refractivity contribution in [2.45, 2.75) is 25.9 Å². The fraction of sp³-hybridized carbons (Fsp3) is 0.333. The predicted molar refractivity (Wildman–Crippen MR) is 65.6 cm³/mol. The van der Waals surface area contributed by atoms with Crippen LogP contribution in [0, 0.1) is 0 Å². The average Bonchev–Trinajstić information content (AvgIpc) is 2.42. The molecule has 1 unspecified atom stereocenters. The highest BCUT2D eigenvalue weighted by molar-refractivity contribution is 6.68. The Morgan fingerprint density at radius 2 is 1.93 bits per heavy atom. The molecule has 0 saturated heterocycles. The molecular formula is C12H17NOSi. The first-order chi connectivity index (χ1) is 6.97. The molecule has 0 aromatic heterocycles. The molecule has 0 amide bonds. The Labute approximate surface area is 92.0 Å². The molecule has 15 heavy (non-hydrogen) atoms. The van der Waals surface area contributed by atoms with Crippen LogP contribution in [0.3, 0.4) is 0 Å². The summed E-state index contributed by atoms with van der Waals surface area (Å²) in [7, 11) is -1.99. The number of benzene rings is 1. The zero-order chi connectivity index (χ0) is 11.1. The van der Waals surface area contributed by atoms with Crippen LogP contribution in [0.5, 0.6) is 0 Å². The van der Waals surface area contributed by atoms with Crippen LogP contribution >= 0.6 is 0 Å². The number of fused-ring (bicyclic) bond motifs is 1. The molecular weight excluding hydrogens is 202 g/mol. The van der Waals surface area contributed by atoms with Gasteiger partial charge in [0.2, 0.25) is 0 Å².